The molecule has 1 aromatic carbocycles. The van der Waals surface area contributed by atoms with Crippen LogP contribution in [-0.2, 0) is 9.31 Å². The van der Waals surface area contributed by atoms with Crippen LogP contribution in [0.25, 0.3) is 10.9 Å². The second kappa shape index (κ2) is 4.95. The van der Waals surface area contributed by atoms with Gasteiger partial charge in [0.2, 0.25) is 5.56 Å². The minimum Gasteiger partial charge on any atom is -0.399 e. The zero-order valence-corrected chi connectivity index (χ0v) is 15.0. The lowest BCUT2D eigenvalue weighted by Crippen LogP contribution is -2.44. The maximum atomic E-state index is 12.5. The molecule has 1 aliphatic heterocycles. The molecule has 0 unspecified atom stereocenters. The summed E-state index contributed by atoms with van der Waals surface area (Å²) in [5, 5.41) is 0.985. The molecule has 1 saturated heterocycles. The highest BCUT2D eigenvalue weighted by Crippen LogP contribution is 2.36. The Morgan fingerprint density at radius 2 is 1.73 bits per heavy atom. The lowest BCUT2D eigenvalue weighted by molar-refractivity contribution is 0.00578. The van der Waals surface area contributed by atoms with E-state index in [0.717, 1.165) is 20.9 Å². The quantitative estimate of drug-likeness (QED) is 0.792. The average Bonchev–Trinajstić information content (AvgIpc) is 2.62. The third kappa shape index (κ3) is 2.34. The van der Waals surface area contributed by atoms with Crippen LogP contribution in [0.15, 0.2) is 27.5 Å². The third-order valence-electron chi connectivity index (χ3n) is 4.72. The minimum atomic E-state index is -0.656. The summed E-state index contributed by atoms with van der Waals surface area (Å²) in [7, 11) is -0.656. The van der Waals surface area contributed by atoms with Gasteiger partial charge in [-0.1, -0.05) is 6.07 Å². The predicted molar refractivity (Wildman–Crippen MR) is 92.7 cm³/mol. The van der Waals surface area contributed by atoms with Crippen molar-refractivity contribution in [3.05, 3.63) is 38.6 Å². The molecule has 1 aromatic heterocycles. The Morgan fingerprint density at radius 3 is 2.32 bits per heavy atom. The highest BCUT2D eigenvalue weighted by atomic mass is 79.9. The summed E-state index contributed by atoms with van der Waals surface area (Å²) < 4.78 is 12.9. The number of fused-ring (bicyclic) bond motifs is 1. The highest BCUT2D eigenvalue weighted by Gasteiger charge is 2.52. The fourth-order valence-electron chi connectivity index (χ4n) is 2.56. The van der Waals surface area contributed by atoms with E-state index in [4.69, 9.17) is 9.31 Å². The molecule has 0 radical (unpaired) electrons. The van der Waals surface area contributed by atoms with E-state index in [1.54, 1.807) is 0 Å². The van der Waals surface area contributed by atoms with Crippen LogP contribution in [-0.4, -0.2) is 23.3 Å². The van der Waals surface area contributed by atoms with E-state index in [1.807, 2.05) is 52.8 Å². The normalized spacial score (nSPS) is 19.8. The zero-order chi connectivity index (χ0) is 16.3. The summed E-state index contributed by atoms with van der Waals surface area (Å²) >= 11 is 3.48. The molecule has 0 atom stereocenters. The first-order valence-electron chi connectivity index (χ1n) is 7.30. The van der Waals surface area contributed by atoms with Gasteiger partial charge < -0.3 is 14.3 Å². The van der Waals surface area contributed by atoms with E-state index in [0.29, 0.717) is 5.46 Å². The number of hydrogen-bond acceptors (Lipinski definition) is 3. The Bertz CT molecular complexity index is 797. The molecular formula is C16H19BBrNO3. The summed E-state index contributed by atoms with van der Waals surface area (Å²) in [6, 6.07) is 5.82. The largest absolute Gasteiger partial charge is 0.500 e. The second-order valence-electron chi connectivity index (χ2n) is 6.80. The fraction of sp³-hybridized carbons (Fsp3) is 0.438. The molecule has 0 spiro atoms. The SMILES string of the molecule is Cc1ccc(Br)c2[nH]c(=O)c(B3OC(C)(C)C(C)(C)O3)cc12. The molecule has 1 fully saturated rings. The molecule has 0 amide bonds. The Hall–Kier alpha value is -1.11. The fourth-order valence-corrected chi connectivity index (χ4v) is 3.01. The molecular weight excluding hydrogens is 345 g/mol. The maximum absolute atomic E-state index is 12.5. The van der Waals surface area contributed by atoms with Crippen molar-refractivity contribution in [2.75, 3.05) is 0 Å². The molecule has 1 aliphatic rings. The molecule has 0 aliphatic carbocycles. The van der Waals surface area contributed by atoms with Crippen molar-refractivity contribution in [2.24, 2.45) is 0 Å². The van der Waals surface area contributed by atoms with Gasteiger partial charge in [-0.2, -0.15) is 0 Å². The number of H-pyrrole nitrogens is 1. The predicted octanol–water partition coefficient (Wildman–Crippen LogP) is 2.90. The number of pyridine rings is 1. The van der Waals surface area contributed by atoms with Crippen LogP contribution in [0, 0.1) is 6.92 Å². The van der Waals surface area contributed by atoms with Gasteiger partial charge >= 0.3 is 7.12 Å². The molecule has 0 bridgehead atoms. The van der Waals surface area contributed by atoms with Gasteiger partial charge in [-0.25, -0.2) is 0 Å². The van der Waals surface area contributed by atoms with Gasteiger partial charge in [0, 0.05) is 15.3 Å². The summed E-state index contributed by atoms with van der Waals surface area (Å²) in [4.78, 5) is 15.4. The molecule has 4 nitrogen and oxygen atoms in total. The Morgan fingerprint density at radius 1 is 1.14 bits per heavy atom. The number of halogens is 1. The van der Waals surface area contributed by atoms with E-state index >= 15 is 0 Å². The summed E-state index contributed by atoms with van der Waals surface area (Å²) in [5.41, 5.74) is 1.28. The van der Waals surface area contributed by atoms with Crippen LogP contribution < -0.4 is 11.0 Å². The molecule has 3 rings (SSSR count). The molecule has 1 N–H and O–H groups in total. The van der Waals surface area contributed by atoms with Crippen LogP contribution >= 0.6 is 15.9 Å². The van der Waals surface area contributed by atoms with Gasteiger partial charge in [0.05, 0.1) is 16.7 Å². The minimum absolute atomic E-state index is 0.183. The monoisotopic (exact) mass is 363 g/mol. The van der Waals surface area contributed by atoms with Crippen LogP contribution in [0.5, 0.6) is 0 Å². The van der Waals surface area contributed by atoms with Crippen molar-refractivity contribution in [3.8, 4) is 0 Å². The van der Waals surface area contributed by atoms with Gasteiger partial charge in [-0.15, -0.1) is 0 Å². The number of hydrogen-bond donors (Lipinski definition) is 1. The van der Waals surface area contributed by atoms with Gasteiger partial charge in [0.15, 0.2) is 0 Å². The third-order valence-corrected chi connectivity index (χ3v) is 5.38. The average molecular weight is 364 g/mol. The van der Waals surface area contributed by atoms with E-state index in [-0.39, 0.29) is 5.56 Å². The number of rotatable bonds is 1. The smallest absolute Gasteiger partial charge is 0.399 e. The van der Waals surface area contributed by atoms with Crippen molar-refractivity contribution < 1.29 is 9.31 Å². The first kappa shape index (κ1) is 15.8. The van der Waals surface area contributed by atoms with Gasteiger partial charge in [-0.05, 0) is 68.2 Å². The molecule has 22 heavy (non-hydrogen) atoms. The summed E-state index contributed by atoms with van der Waals surface area (Å²) in [6.45, 7) is 9.92. The first-order chi connectivity index (χ1) is 10.1. The Labute approximate surface area is 138 Å². The molecule has 2 heterocycles. The number of nitrogens with one attached hydrogen (secondary N) is 1. The molecule has 2 aromatic rings. The van der Waals surface area contributed by atoms with Gasteiger partial charge in [0.1, 0.15) is 0 Å². The zero-order valence-electron chi connectivity index (χ0n) is 13.4. The number of aryl methyl sites for hydroxylation is 1. The van der Waals surface area contributed by atoms with Crippen molar-refractivity contribution in [2.45, 2.75) is 45.8 Å². The van der Waals surface area contributed by atoms with E-state index < -0.39 is 18.3 Å². The van der Waals surface area contributed by atoms with Crippen LogP contribution in [0.3, 0.4) is 0 Å². The van der Waals surface area contributed by atoms with Crippen molar-refractivity contribution >= 4 is 39.4 Å². The standard InChI is InChI=1S/C16H19BBrNO3/c1-9-6-7-12(18)13-10(9)8-11(14(20)19-13)17-21-15(2,3)16(4,5)22-17/h6-8H,1-5H3,(H,19,20). The number of benzene rings is 1. The molecule has 0 saturated carbocycles. The van der Waals surface area contributed by atoms with Crippen LogP contribution in [0.4, 0.5) is 0 Å². The molecule has 6 heteroatoms. The lowest BCUT2D eigenvalue weighted by atomic mass is 9.79. The van der Waals surface area contributed by atoms with Crippen LogP contribution in [0.2, 0.25) is 0 Å². The Balaban J connectivity index is 2.16. The van der Waals surface area contributed by atoms with E-state index in [9.17, 15) is 4.79 Å². The van der Waals surface area contributed by atoms with Gasteiger partial charge in [-0.3, -0.25) is 4.79 Å². The number of aromatic nitrogens is 1. The number of aromatic amines is 1. The van der Waals surface area contributed by atoms with E-state index in [2.05, 4.69) is 20.9 Å². The highest BCUT2D eigenvalue weighted by molar-refractivity contribution is 9.10. The first-order valence-corrected chi connectivity index (χ1v) is 8.09. The van der Waals surface area contributed by atoms with Crippen molar-refractivity contribution in [3.63, 3.8) is 0 Å². The summed E-state index contributed by atoms with van der Waals surface area (Å²) in [5.74, 6) is 0. The summed E-state index contributed by atoms with van der Waals surface area (Å²) in [6.07, 6.45) is 0. The van der Waals surface area contributed by atoms with Gasteiger partial charge in [0.25, 0.3) is 0 Å². The van der Waals surface area contributed by atoms with Crippen LogP contribution in [0.1, 0.15) is 33.3 Å². The second-order valence-corrected chi connectivity index (χ2v) is 7.65. The van der Waals surface area contributed by atoms with Crippen molar-refractivity contribution in [1.82, 2.24) is 4.98 Å². The topological polar surface area (TPSA) is 51.3 Å². The lowest BCUT2D eigenvalue weighted by Gasteiger charge is -2.32. The van der Waals surface area contributed by atoms with Crippen molar-refractivity contribution in [1.29, 1.82) is 0 Å². The van der Waals surface area contributed by atoms with E-state index in [1.165, 1.54) is 0 Å². The Kier molecular flexibility index (Phi) is 3.55. The molecule has 116 valence electrons. The maximum Gasteiger partial charge on any atom is 0.500 e.